The summed E-state index contributed by atoms with van der Waals surface area (Å²) in [5, 5.41) is 3.07. The normalized spacial score (nSPS) is 10.4. The number of aromatic nitrogens is 1. The number of carbonyl (C=O) groups is 2. The van der Waals surface area contributed by atoms with Crippen LogP contribution in [0, 0.1) is 0 Å². The van der Waals surface area contributed by atoms with Crippen LogP contribution in [0.5, 0.6) is 5.75 Å². The Hall–Kier alpha value is -1.83. The van der Waals surface area contributed by atoms with E-state index in [0.717, 1.165) is 0 Å². The van der Waals surface area contributed by atoms with E-state index in [1.807, 2.05) is 13.8 Å². The first-order valence-electron chi connectivity index (χ1n) is 8.18. The number of nitrogens with zero attached hydrogens (tertiary/aromatic N) is 2. The van der Waals surface area contributed by atoms with Gasteiger partial charge in [-0.2, -0.15) is 0 Å². The van der Waals surface area contributed by atoms with Crippen LogP contribution in [0.25, 0.3) is 0 Å². The summed E-state index contributed by atoms with van der Waals surface area (Å²) in [4.78, 5) is 29.9. The Kier molecular flexibility index (Phi) is 7.89. The lowest BCUT2D eigenvalue weighted by Gasteiger charge is -2.19. The fraction of sp³-hybridized carbons (Fsp3) is 0.278. The summed E-state index contributed by atoms with van der Waals surface area (Å²) >= 11 is 15.4. The van der Waals surface area contributed by atoms with Crippen molar-refractivity contribution in [1.82, 2.24) is 9.88 Å². The largest absolute Gasteiger partial charge is 0.482 e. The Morgan fingerprint density at radius 1 is 1.22 bits per heavy atom. The second-order valence-corrected chi connectivity index (χ2v) is 7.13. The van der Waals surface area contributed by atoms with Crippen molar-refractivity contribution < 1.29 is 14.3 Å². The molecule has 0 bridgehead atoms. The smallest absolute Gasteiger partial charge is 0.260 e. The first-order valence-corrected chi connectivity index (χ1v) is 9.73. The van der Waals surface area contributed by atoms with Crippen LogP contribution in [0.2, 0.25) is 10.2 Å². The number of pyridine rings is 1. The molecule has 27 heavy (non-hydrogen) atoms. The molecule has 0 aliphatic carbocycles. The lowest BCUT2D eigenvalue weighted by molar-refractivity contribution is -0.132. The molecule has 0 aliphatic heterocycles. The molecule has 2 aromatic rings. The van der Waals surface area contributed by atoms with E-state index in [2.05, 4.69) is 26.2 Å². The lowest BCUT2D eigenvalue weighted by Crippen LogP contribution is -2.34. The molecule has 0 saturated carbocycles. The van der Waals surface area contributed by atoms with E-state index in [-0.39, 0.29) is 28.3 Å². The summed E-state index contributed by atoms with van der Waals surface area (Å²) in [6.45, 7) is 4.93. The average Bonchev–Trinajstić information content (AvgIpc) is 2.64. The Labute approximate surface area is 175 Å². The molecule has 6 nitrogen and oxygen atoms in total. The van der Waals surface area contributed by atoms with Crippen molar-refractivity contribution in [3.63, 3.8) is 0 Å². The van der Waals surface area contributed by atoms with Crippen LogP contribution in [0.3, 0.4) is 0 Å². The fourth-order valence-corrected chi connectivity index (χ4v) is 3.04. The number of nitrogens with one attached hydrogen (secondary N) is 1. The minimum Gasteiger partial charge on any atom is -0.482 e. The zero-order chi connectivity index (χ0) is 20.0. The van der Waals surface area contributed by atoms with Gasteiger partial charge in [-0.1, -0.05) is 23.2 Å². The van der Waals surface area contributed by atoms with Gasteiger partial charge in [0.2, 0.25) is 0 Å². The molecule has 144 valence electrons. The lowest BCUT2D eigenvalue weighted by atomic mass is 10.2. The maximum atomic E-state index is 12.4. The quantitative estimate of drug-likeness (QED) is 0.593. The molecular formula is C18H18BrCl2N3O3. The van der Waals surface area contributed by atoms with Crippen molar-refractivity contribution in [2.75, 3.05) is 25.0 Å². The van der Waals surface area contributed by atoms with Crippen LogP contribution < -0.4 is 10.1 Å². The highest BCUT2D eigenvalue weighted by molar-refractivity contribution is 9.10. The number of amides is 2. The topological polar surface area (TPSA) is 71.5 Å². The molecule has 2 amide bonds. The summed E-state index contributed by atoms with van der Waals surface area (Å²) in [5.74, 6) is -0.183. The van der Waals surface area contributed by atoms with E-state index in [1.54, 1.807) is 23.1 Å². The minimum absolute atomic E-state index is 0.0941. The summed E-state index contributed by atoms with van der Waals surface area (Å²) in [6.07, 6.45) is 1.50. The second kappa shape index (κ2) is 9.92. The molecule has 0 unspecified atom stereocenters. The fourth-order valence-electron chi connectivity index (χ4n) is 2.28. The molecule has 1 aromatic carbocycles. The summed E-state index contributed by atoms with van der Waals surface area (Å²) in [5.41, 5.74) is 0.691. The summed E-state index contributed by atoms with van der Waals surface area (Å²) in [6, 6.07) is 6.33. The summed E-state index contributed by atoms with van der Waals surface area (Å²) in [7, 11) is 0. The van der Waals surface area contributed by atoms with Crippen LogP contribution in [-0.4, -0.2) is 41.4 Å². The number of rotatable bonds is 7. The van der Waals surface area contributed by atoms with E-state index in [1.165, 1.54) is 12.3 Å². The van der Waals surface area contributed by atoms with Crippen molar-refractivity contribution in [2.24, 2.45) is 0 Å². The van der Waals surface area contributed by atoms with Gasteiger partial charge in [0.25, 0.3) is 11.8 Å². The molecular weight excluding hydrogens is 457 g/mol. The van der Waals surface area contributed by atoms with Crippen LogP contribution in [-0.2, 0) is 4.79 Å². The molecule has 1 aromatic heterocycles. The third-order valence-corrected chi connectivity index (χ3v) is 4.74. The molecule has 0 spiro atoms. The van der Waals surface area contributed by atoms with Crippen molar-refractivity contribution in [3.05, 3.63) is 50.7 Å². The second-order valence-electron chi connectivity index (χ2n) is 5.45. The van der Waals surface area contributed by atoms with E-state index >= 15 is 0 Å². The highest BCUT2D eigenvalue weighted by Gasteiger charge is 2.15. The Balaban J connectivity index is 2.05. The predicted molar refractivity (Wildman–Crippen MR) is 110 cm³/mol. The van der Waals surface area contributed by atoms with E-state index in [9.17, 15) is 9.59 Å². The van der Waals surface area contributed by atoms with Crippen molar-refractivity contribution in [3.8, 4) is 5.75 Å². The third-order valence-electron chi connectivity index (χ3n) is 3.71. The van der Waals surface area contributed by atoms with Crippen molar-refractivity contribution >= 4 is 56.6 Å². The number of hydrogen-bond acceptors (Lipinski definition) is 4. The van der Waals surface area contributed by atoms with Gasteiger partial charge in [-0.15, -0.1) is 0 Å². The molecule has 9 heteroatoms. The Morgan fingerprint density at radius 3 is 2.56 bits per heavy atom. The van der Waals surface area contributed by atoms with Gasteiger partial charge in [0.15, 0.2) is 6.61 Å². The molecule has 1 heterocycles. The van der Waals surface area contributed by atoms with Gasteiger partial charge in [0.05, 0.1) is 10.6 Å². The van der Waals surface area contributed by atoms with E-state index < -0.39 is 5.91 Å². The SMILES string of the molecule is CCN(CC)C(=O)COc1ccc(NC(=O)c2cc(Br)cnc2Cl)cc1Cl. The Morgan fingerprint density at radius 2 is 1.93 bits per heavy atom. The van der Waals surface area contributed by atoms with Crippen LogP contribution in [0.1, 0.15) is 24.2 Å². The summed E-state index contributed by atoms with van der Waals surface area (Å²) < 4.78 is 6.13. The molecule has 0 fully saturated rings. The number of anilines is 1. The number of likely N-dealkylation sites (N-methyl/N-ethyl adjacent to an activating group) is 1. The zero-order valence-electron chi connectivity index (χ0n) is 14.8. The van der Waals surface area contributed by atoms with Gasteiger partial charge in [0, 0.05) is 29.4 Å². The number of carbonyl (C=O) groups excluding carboxylic acids is 2. The van der Waals surface area contributed by atoms with Gasteiger partial charge in [-0.3, -0.25) is 9.59 Å². The maximum Gasteiger partial charge on any atom is 0.260 e. The van der Waals surface area contributed by atoms with Gasteiger partial charge < -0.3 is 15.0 Å². The maximum absolute atomic E-state index is 12.4. The number of ether oxygens (including phenoxy) is 1. The molecule has 1 N–H and O–H groups in total. The van der Waals surface area contributed by atoms with Gasteiger partial charge in [-0.05, 0) is 54.0 Å². The first-order chi connectivity index (χ1) is 12.8. The van der Waals surface area contributed by atoms with Crippen LogP contribution >= 0.6 is 39.1 Å². The Bertz CT molecular complexity index is 845. The number of hydrogen-bond donors (Lipinski definition) is 1. The third kappa shape index (κ3) is 5.82. The van der Waals surface area contributed by atoms with Crippen LogP contribution in [0.15, 0.2) is 34.9 Å². The molecule has 0 aliphatic rings. The molecule has 0 atom stereocenters. The molecule has 0 saturated heterocycles. The monoisotopic (exact) mass is 473 g/mol. The standard InChI is InChI=1S/C18H18BrCl2N3O3/c1-3-24(4-2)16(25)10-27-15-6-5-12(8-14(15)20)23-18(26)13-7-11(19)9-22-17(13)21/h5-9H,3-4,10H2,1-2H3,(H,23,26). The average molecular weight is 475 g/mol. The highest BCUT2D eigenvalue weighted by atomic mass is 79.9. The molecule has 2 rings (SSSR count). The van der Waals surface area contributed by atoms with Gasteiger partial charge in [0.1, 0.15) is 10.9 Å². The zero-order valence-corrected chi connectivity index (χ0v) is 17.9. The highest BCUT2D eigenvalue weighted by Crippen LogP contribution is 2.28. The first kappa shape index (κ1) is 21.5. The van der Waals surface area contributed by atoms with E-state index in [4.69, 9.17) is 27.9 Å². The van der Waals surface area contributed by atoms with Crippen molar-refractivity contribution in [1.29, 1.82) is 0 Å². The minimum atomic E-state index is -0.421. The van der Waals surface area contributed by atoms with E-state index in [0.29, 0.717) is 29.0 Å². The molecule has 0 radical (unpaired) electrons. The number of benzene rings is 1. The van der Waals surface area contributed by atoms with Gasteiger partial charge >= 0.3 is 0 Å². The van der Waals surface area contributed by atoms with Crippen molar-refractivity contribution in [2.45, 2.75) is 13.8 Å². The van der Waals surface area contributed by atoms with Gasteiger partial charge in [-0.25, -0.2) is 4.98 Å². The predicted octanol–water partition coefficient (Wildman–Crippen LogP) is 4.65. The number of halogens is 3. The van der Waals surface area contributed by atoms with Crippen LogP contribution in [0.4, 0.5) is 5.69 Å².